The van der Waals surface area contributed by atoms with Crippen molar-refractivity contribution in [3.63, 3.8) is 0 Å². The number of benzene rings is 2. The first kappa shape index (κ1) is 17.5. The number of anilines is 1. The predicted octanol–water partition coefficient (Wildman–Crippen LogP) is 5.15. The molecule has 0 aliphatic rings. The van der Waals surface area contributed by atoms with Gasteiger partial charge in [0.2, 0.25) is 0 Å². The maximum Gasteiger partial charge on any atom is 0.416 e. The summed E-state index contributed by atoms with van der Waals surface area (Å²) >= 11 is 0. The number of amides is 1. The Kier molecular flexibility index (Phi) is 4.88. The van der Waals surface area contributed by atoms with Crippen LogP contribution < -0.4 is 10.1 Å². The Bertz CT molecular complexity index is 912. The van der Waals surface area contributed by atoms with Crippen LogP contribution in [-0.4, -0.2) is 10.9 Å². The fourth-order valence-electron chi connectivity index (χ4n) is 2.22. The summed E-state index contributed by atoms with van der Waals surface area (Å²) in [5, 5.41) is 2.56. The van der Waals surface area contributed by atoms with Gasteiger partial charge in [0.25, 0.3) is 5.91 Å². The Morgan fingerprint density at radius 2 is 1.73 bits per heavy atom. The highest BCUT2D eigenvalue weighted by molar-refractivity contribution is 6.04. The molecule has 26 heavy (non-hydrogen) atoms. The van der Waals surface area contributed by atoms with E-state index in [9.17, 15) is 18.0 Å². The molecule has 1 N–H and O–H groups in total. The van der Waals surface area contributed by atoms with Crippen molar-refractivity contribution in [2.24, 2.45) is 0 Å². The Morgan fingerprint density at radius 1 is 0.962 bits per heavy atom. The first-order chi connectivity index (χ1) is 12.4. The third-order valence-electron chi connectivity index (χ3n) is 3.41. The minimum Gasteiger partial charge on any atom is -0.456 e. The number of aromatic nitrogens is 1. The number of pyridine rings is 1. The number of alkyl halides is 3. The van der Waals surface area contributed by atoms with E-state index in [-0.39, 0.29) is 5.56 Å². The monoisotopic (exact) mass is 358 g/mol. The highest BCUT2D eigenvalue weighted by Gasteiger charge is 2.30. The van der Waals surface area contributed by atoms with E-state index in [2.05, 4.69) is 10.3 Å². The van der Waals surface area contributed by atoms with E-state index >= 15 is 0 Å². The average molecular weight is 358 g/mol. The molecule has 3 rings (SSSR count). The number of halogens is 3. The molecule has 7 heteroatoms. The summed E-state index contributed by atoms with van der Waals surface area (Å²) in [6, 6.07) is 14.2. The smallest absolute Gasteiger partial charge is 0.416 e. The van der Waals surface area contributed by atoms with E-state index in [4.69, 9.17) is 4.74 Å². The van der Waals surface area contributed by atoms with Crippen molar-refractivity contribution >= 4 is 11.6 Å². The maximum absolute atomic E-state index is 12.8. The number of ether oxygens (including phenoxy) is 1. The molecule has 3 aromatic rings. The first-order valence-electron chi connectivity index (χ1n) is 7.58. The molecule has 0 radical (unpaired) electrons. The molecule has 0 saturated heterocycles. The van der Waals surface area contributed by atoms with E-state index in [0.717, 1.165) is 12.1 Å². The summed E-state index contributed by atoms with van der Waals surface area (Å²) in [5.74, 6) is 0.336. The Balaban J connectivity index is 1.75. The second kappa shape index (κ2) is 7.26. The largest absolute Gasteiger partial charge is 0.456 e. The van der Waals surface area contributed by atoms with Crippen molar-refractivity contribution in [3.8, 4) is 11.5 Å². The van der Waals surface area contributed by atoms with Gasteiger partial charge in [-0.15, -0.1) is 0 Å². The zero-order chi connectivity index (χ0) is 18.6. The van der Waals surface area contributed by atoms with Gasteiger partial charge in [-0.1, -0.05) is 12.1 Å². The van der Waals surface area contributed by atoms with Crippen molar-refractivity contribution in [1.29, 1.82) is 0 Å². The van der Waals surface area contributed by atoms with Gasteiger partial charge in [-0.05, 0) is 42.5 Å². The van der Waals surface area contributed by atoms with E-state index in [1.807, 2.05) is 0 Å². The molecule has 0 bridgehead atoms. The lowest BCUT2D eigenvalue weighted by atomic mass is 10.1. The number of nitrogens with zero attached hydrogens (tertiary/aromatic N) is 1. The number of carbonyl (C=O) groups excluding carboxylic acids is 1. The van der Waals surface area contributed by atoms with Crippen molar-refractivity contribution in [2.75, 3.05) is 5.32 Å². The number of carbonyl (C=O) groups is 1. The highest BCUT2D eigenvalue weighted by Crippen LogP contribution is 2.30. The van der Waals surface area contributed by atoms with Gasteiger partial charge >= 0.3 is 6.18 Å². The van der Waals surface area contributed by atoms with Gasteiger partial charge in [-0.25, -0.2) is 0 Å². The fraction of sp³-hybridized carbons (Fsp3) is 0.0526. The van der Waals surface area contributed by atoms with Gasteiger partial charge in [-0.2, -0.15) is 13.2 Å². The molecule has 0 aliphatic carbocycles. The lowest BCUT2D eigenvalue weighted by Crippen LogP contribution is -2.13. The number of rotatable bonds is 4. The molecule has 1 amide bonds. The molecule has 0 saturated carbocycles. The molecule has 0 spiro atoms. The SMILES string of the molecule is O=C(Nc1cccc(Oc2cccnc2)c1)c1cccc(C(F)(F)F)c1. The molecular weight excluding hydrogens is 345 g/mol. The lowest BCUT2D eigenvalue weighted by molar-refractivity contribution is -0.137. The quantitative estimate of drug-likeness (QED) is 0.702. The predicted molar refractivity (Wildman–Crippen MR) is 90.2 cm³/mol. The van der Waals surface area contributed by atoms with Crippen molar-refractivity contribution < 1.29 is 22.7 Å². The second-order valence-corrected chi connectivity index (χ2v) is 5.35. The van der Waals surface area contributed by atoms with Crippen LogP contribution in [0.2, 0.25) is 0 Å². The average Bonchev–Trinajstić information content (AvgIpc) is 2.62. The van der Waals surface area contributed by atoms with Gasteiger partial charge < -0.3 is 10.1 Å². The number of hydrogen-bond donors (Lipinski definition) is 1. The standard InChI is InChI=1S/C19H13F3N2O2/c20-19(21,22)14-5-1-4-13(10-14)18(25)24-15-6-2-7-16(11-15)26-17-8-3-9-23-12-17/h1-12H,(H,24,25). The van der Waals surface area contributed by atoms with E-state index in [0.29, 0.717) is 17.2 Å². The van der Waals surface area contributed by atoms with E-state index in [1.54, 1.807) is 42.6 Å². The summed E-state index contributed by atoms with van der Waals surface area (Å²) < 4.78 is 43.9. The summed E-state index contributed by atoms with van der Waals surface area (Å²) in [6.45, 7) is 0. The van der Waals surface area contributed by atoms with Crippen molar-refractivity contribution in [1.82, 2.24) is 4.98 Å². The lowest BCUT2D eigenvalue weighted by Gasteiger charge is -2.10. The van der Waals surface area contributed by atoms with Crippen LogP contribution in [0.25, 0.3) is 0 Å². The second-order valence-electron chi connectivity index (χ2n) is 5.35. The van der Waals surface area contributed by atoms with Crippen LogP contribution in [0.15, 0.2) is 73.1 Å². The molecule has 2 aromatic carbocycles. The molecular formula is C19H13F3N2O2. The Labute approximate surface area is 147 Å². The third-order valence-corrected chi connectivity index (χ3v) is 3.41. The molecule has 132 valence electrons. The van der Waals surface area contributed by atoms with Gasteiger partial charge in [0.1, 0.15) is 11.5 Å². The molecule has 1 heterocycles. The Morgan fingerprint density at radius 3 is 2.46 bits per heavy atom. The van der Waals surface area contributed by atoms with E-state index < -0.39 is 17.6 Å². The van der Waals surface area contributed by atoms with Gasteiger partial charge in [0, 0.05) is 23.5 Å². The molecule has 4 nitrogen and oxygen atoms in total. The Hall–Kier alpha value is -3.35. The van der Waals surface area contributed by atoms with Crippen molar-refractivity contribution in [2.45, 2.75) is 6.18 Å². The summed E-state index contributed by atoms with van der Waals surface area (Å²) in [4.78, 5) is 16.2. The fourth-order valence-corrected chi connectivity index (χ4v) is 2.22. The zero-order valence-corrected chi connectivity index (χ0v) is 13.3. The molecule has 0 atom stereocenters. The van der Waals surface area contributed by atoms with Gasteiger partial charge in [-0.3, -0.25) is 9.78 Å². The molecule has 0 unspecified atom stereocenters. The zero-order valence-electron chi connectivity index (χ0n) is 13.3. The van der Waals surface area contributed by atoms with Gasteiger partial charge in [0.15, 0.2) is 0 Å². The van der Waals surface area contributed by atoms with Crippen molar-refractivity contribution in [3.05, 3.63) is 84.2 Å². The summed E-state index contributed by atoms with van der Waals surface area (Å²) in [7, 11) is 0. The summed E-state index contributed by atoms with van der Waals surface area (Å²) in [6.07, 6.45) is -1.36. The number of nitrogens with one attached hydrogen (secondary N) is 1. The third kappa shape index (κ3) is 4.38. The van der Waals surface area contributed by atoms with Crippen LogP contribution in [0.3, 0.4) is 0 Å². The van der Waals surface area contributed by atoms with Crippen LogP contribution in [0, 0.1) is 0 Å². The molecule has 0 fully saturated rings. The normalized spacial score (nSPS) is 11.0. The number of hydrogen-bond acceptors (Lipinski definition) is 3. The van der Waals surface area contributed by atoms with Gasteiger partial charge in [0.05, 0.1) is 11.8 Å². The van der Waals surface area contributed by atoms with Crippen LogP contribution in [-0.2, 0) is 6.18 Å². The topological polar surface area (TPSA) is 51.2 Å². The van der Waals surface area contributed by atoms with Crippen LogP contribution >= 0.6 is 0 Å². The highest BCUT2D eigenvalue weighted by atomic mass is 19.4. The molecule has 1 aromatic heterocycles. The first-order valence-corrected chi connectivity index (χ1v) is 7.58. The molecule has 0 aliphatic heterocycles. The van der Waals surface area contributed by atoms with Crippen LogP contribution in [0.1, 0.15) is 15.9 Å². The summed E-state index contributed by atoms with van der Waals surface area (Å²) in [5.41, 5.74) is -0.564. The maximum atomic E-state index is 12.8. The minimum absolute atomic E-state index is 0.0848. The van der Waals surface area contributed by atoms with Crippen LogP contribution in [0.4, 0.5) is 18.9 Å². The van der Waals surface area contributed by atoms with Crippen LogP contribution in [0.5, 0.6) is 11.5 Å². The van der Waals surface area contributed by atoms with E-state index in [1.165, 1.54) is 18.3 Å². The minimum atomic E-state index is -4.51.